The van der Waals surface area contributed by atoms with Crippen molar-refractivity contribution in [2.45, 2.75) is 38.9 Å². The molecule has 0 unspecified atom stereocenters. The molecule has 0 amide bonds. The van der Waals surface area contributed by atoms with Gasteiger partial charge in [0.1, 0.15) is 0 Å². The molecule has 0 aliphatic carbocycles. The Morgan fingerprint density at radius 1 is 0.615 bits per heavy atom. The Morgan fingerprint density at radius 3 is 2.18 bits per heavy atom. The first-order valence-corrected chi connectivity index (χ1v) is 14.4. The van der Waals surface area contributed by atoms with Crippen molar-refractivity contribution in [3.8, 4) is 0 Å². The fourth-order valence-electron chi connectivity index (χ4n) is 6.63. The zero-order valence-electron chi connectivity index (χ0n) is 22.3. The first-order chi connectivity index (χ1) is 18.8. The molecule has 39 heavy (non-hydrogen) atoms. The number of nitrogens with zero attached hydrogens (tertiary/aromatic N) is 1. The van der Waals surface area contributed by atoms with Gasteiger partial charge in [-0.05, 0) is 68.2 Å². The minimum Gasteiger partial charge on any atom is -0.399 e. The van der Waals surface area contributed by atoms with E-state index in [0.717, 1.165) is 5.46 Å². The molecule has 0 saturated carbocycles. The van der Waals surface area contributed by atoms with Crippen molar-refractivity contribution < 1.29 is 9.31 Å². The number of thiophene rings is 1. The Hall–Kier alpha value is -3.64. The van der Waals surface area contributed by atoms with Crippen LogP contribution in [0.4, 0.5) is 0 Å². The van der Waals surface area contributed by atoms with Crippen LogP contribution < -0.4 is 5.46 Å². The minimum atomic E-state index is -0.360. The van der Waals surface area contributed by atoms with Gasteiger partial charge < -0.3 is 13.7 Å². The summed E-state index contributed by atoms with van der Waals surface area (Å²) >= 11 is 1.88. The summed E-state index contributed by atoms with van der Waals surface area (Å²) in [4.78, 5) is 0. The van der Waals surface area contributed by atoms with E-state index in [1.54, 1.807) is 0 Å². The Morgan fingerprint density at radius 2 is 1.36 bits per heavy atom. The van der Waals surface area contributed by atoms with E-state index in [9.17, 15) is 0 Å². The zero-order chi connectivity index (χ0) is 26.3. The van der Waals surface area contributed by atoms with Crippen LogP contribution in [0.25, 0.3) is 69.0 Å². The van der Waals surface area contributed by atoms with Gasteiger partial charge in [-0.2, -0.15) is 0 Å². The lowest BCUT2D eigenvalue weighted by molar-refractivity contribution is 0.00578. The van der Waals surface area contributed by atoms with Crippen molar-refractivity contribution in [2.24, 2.45) is 0 Å². The number of fused-ring (bicyclic) bond motifs is 11. The lowest BCUT2D eigenvalue weighted by Crippen LogP contribution is -2.41. The van der Waals surface area contributed by atoms with Gasteiger partial charge in [0, 0.05) is 41.7 Å². The average molecular weight is 523 g/mol. The van der Waals surface area contributed by atoms with Crippen LogP contribution in [0.2, 0.25) is 0 Å². The van der Waals surface area contributed by atoms with Gasteiger partial charge in [-0.1, -0.05) is 60.7 Å². The van der Waals surface area contributed by atoms with Crippen molar-refractivity contribution in [1.29, 1.82) is 0 Å². The molecule has 1 aliphatic heterocycles. The highest BCUT2D eigenvalue weighted by atomic mass is 32.1. The molecule has 5 heteroatoms. The highest BCUT2D eigenvalue weighted by Gasteiger charge is 2.51. The second-order valence-electron chi connectivity index (χ2n) is 12.0. The van der Waals surface area contributed by atoms with Crippen LogP contribution in [0.1, 0.15) is 27.7 Å². The van der Waals surface area contributed by atoms with Crippen LogP contribution in [-0.4, -0.2) is 22.7 Å². The van der Waals surface area contributed by atoms with Gasteiger partial charge in [0.2, 0.25) is 0 Å². The topological polar surface area (TPSA) is 22.9 Å². The molecule has 8 aromatic rings. The Kier molecular flexibility index (Phi) is 4.05. The van der Waals surface area contributed by atoms with Crippen molar-refractivity contribution in [2.75, 3.05) is 0 Å². The number of rotatable bonds is 1. The maximum Gasteiger partial charge on any atom is 0.494 e. The van der Waals surface area contributed by atoms with Gasteiger partial charge in [0.15, 0.2) is 0 Å². The molecule has 0 radical (unpaired) electrons. The summed E-state index contributed by atoms with van der Waals surface area (Å²) in [5, 5.41) is 10.4. The monoisotopic (exact) mass is 523 g/mol. The molecule has 3 aromatic heterocycles. The summed E-state index contributed by atoms with van der Waals surface area (Å²) in [6.07, 6.45) is 0. The first-order valence-electron chi connectivity index (χ1n) is 13.6. The number of hydrogen-bond acceptors (Lipinski definition) is 3. The largest absolute Gasteiger partial charge is 0.494 e. The van der Waals surface area contributed by atoms with Crippen molar-refractivity contribution >= 4 is 93.0 Å². The summed E-state index contributed by atoms with van der Waals surface area (Å²) in [6.45, 7) is 8.43. The molecule has 1 saturated heterocycles. The van der Waals surface area contributed by atoms with Gasteiger partial charge in [0.05, 0.1) is 27.8 Å². The molecule has 0 spiro atoms. The lowest BCUT2D eigenvalue weighted by Gasteiger charge is -2.32. The molecule has 9 rings (SSSR count). The first kappa shape index (κ1) is 22.2. The number of para-hydroxylation sites is 2. The van der Waals surface area contributed by atoms with Gasteiger partial charge in [-0.3, -0.25) is 0 Å². The summed E-state index contributed by atoms with van der Waals surface area (Å²) in [6, 6.07) is 31.6. The van der Waals surface area contributed by atoms with Gasteiger partial charge >= 0.3 is 7.12 Å². The average Bonchev–Trinajstić information content (AvgIpc) is 3.62. The molecular formula is C34H26BNO2S. The quantitative estimate of drug-likeness (QED) is 0.201. The Bertz CT molecular complexity index is 2290. The minimum absolute atomic E-state index is 0.356. The molecule has 4 heterocycles. The fourth-order valence-corrected chi connectivity index (χ4v) is 7.83. The number of aromatic nitrogens is 1. The third-order valence-corrected chi connectivity index (χ3v) is 10.6. The van der Waals surface area contributed by atoms with E-state index in [1.165, 1.54) is 69.0 Å². The molecule has 188 valence electrons. The van der Waals surface area contributed by atoms with Crippen LogP contribution in [0.3, 0.4) is 0 Å². The predicted molar refractivity (Wildman–Crippen MR) is 167 cm³/mol. The molecule has 5 aromatic carbocycles. The van der Waals surface area contributed by atoms with Crippen LogP contribution in [-0.2, 0) is 9.31 Å². The second-order valence-corrected chi connectivity index (χ2v) is 13.1. The molecular weight excluding hydrogens is 497 g/mol. The number of hydrogen-bond donors (Lipinski definition) is 0. The summed E-state index contributed by atoms with van der Waals surface area (Å²) in [7, 11) is -0.360. The summed E-state index contributed by atoms with van der Waals surface area (Å²) in [5.41, 5.74) is 4.23. The highest BCUT2D eigenvalue weighted by molar-refractivity contribution is 7.26. The van der Waals surface area contributed by atoms with Crippen LogP contribution in [0.5, 0.6) is 0 Å². The molecule has 0 bridgehead atoms. The van der Waals surface area contributed by atoms with Crippen LogP contribution in [0, 0.1) is 0 Å². The summed E-state index contributed by atoms with van der Waals surface area (Å²) < 4.78 is 17.8. The predicted octanol–water partition coefficient (Wildman–Crippen LogP) is 8.66. The summed E-state index contributed by atoms with van der Waals surface area (Å²) in [5.74, 6) is 0. The van der Waals surface area contributed by atoms with E-state index in [-0.39, 0.29) is 18.3 Å². The van der Waals surface area contributed by atoms with E-state index >= 15 is 0 Å². The van der Waals surface area contributed by atoms with Crippen LogP contribution >= 0.6 is 11.3 Å². The lowest BCUT2D eigenvalue weighted by atomic mass is 9.78. The smallest absolute Gasteiger partial charge is 0.399 e. The van der Waals surface area contributed by atoms with E-state index in [2.05, 4.69) is 117 Å². The van der Waals surface area contributed by atoms with E-state index in [0.29, 0.717) is 0 Å². The Labute approximate surface area is 230 Å². The van der Waals surface area contributed by atoms with Crippen molar-refractivity contribution in [3.63, 3.8) is 0 Å². The van der Waals surface area contributed by atoms with E-state index in [1.807, 2.05) is 11.3 Å². The molecule has 3 nitrogen and oxygen atoms in total. The van der Waals surface area contributed by atoms with Gasteiger partial charge in [0.25, 0.3) is 0 Å². The van der Waals surface area contributed by atoms with Gasteiger partial charge in [-0.15, -0.1) is 11.3 Å². The van der Waals surface area contributed by atoms with Crippen molar-refractivity contribution in [3.05, 3.63) is 84.9 Å². The SMILES string of the molecule is CC1(C)OB(c2ccc3sc4c5cc6c(cc5ccc4c3c2)c2cccc3c4ccccc4n6c32)OC1(C)C. The fraction of sp³-hybridized carbons (Fsp3) is 0.176. The highest BCUT2D eigenvalue weighted by Crippen LogP contribution is 2.44. The third-order valence-electron chi connectivity index (χ3n) is 9.34. The molecule has 0 atom stereocenters. The van der Waals surface area contributed by atoms with Crippen LogP contribution in [0.15, 0.2) is 84.9 Å². The second kappa shape index (κ2) is 7.11. The zero-order valence-corrected chi connectivity index (χ0v) is 23.1. The molecule has 1 fully saturated rings. The normalized spacial score (nSPS) is 17.4. The Balaban J connectivity index is 1.32. The standard InChI is InChI=1S/C34H26BNO2S/c1-33(2)34(3,4)38-35(37-33)20-13-15-30-27(17-20)24-14-12-19-16-26-23-10-7-9-22-21-8-5-6-11-28(21)36(31(22)23)29(26)18-25(19)32(24)39-30/h5-18H,1-4H3. The number of benzene rings is 5. The van der Waals surface area contributed by atoms with E-state index in [4.69, 9.17) is 9.31 Å². The molecule has 1 aliphatic rings. The maximum absolute atomic E-state index is 6.37. The molecule has 0 N–H and O–H groups in total. The maximum atomic E-state index is 6.37. The van der Waals surface area contributed by atoms with E-state index < -0.39 is 0 Å². The van der Waals surface area contributed by atoms with Crippen molar-refractivity contribution in [1.82, 2.24) is 4.40 Å². The third kappa shape index (κ3) is 2.75. The van der Waals surface area contributed by atoms with Gasteiger partial charge in [-0.25, -0.2) is 0 Å².